The standard InChI is InChI=1S/C10H7BrN2O3/c1-12-9-3-2-7(13(15)16)4-6(9)5-8(11)10(12)14/h2-5H,1H3. The summed E-state index contributed by atoms with van der Waals surface area (Å²) in [7, 11) is 1.63. The molecule has 0 aliphatic heterocycles. The molecule has 0 aliphatic carbocycles. The van der Waals surface area contributed by atoms with Crippen molar-refractivity contribution in [3.8, 4) is 0 Å². The van der Waals surface area contributed by atoms with Crippen molar-refractivity contribution in [3.05, 3.63) is 49.2 Å². The highest BCUT2D eigenvalue weighted by Gasteiger charge is 2.09. The van der Waals surface area contributed by atoms with Crippen molar-refractivity contribution in [2.75, 3.05) is 0 Å². The number of benzene rings is 1. The van der Waals surface area contributed by atoms with Crippen LogP contribution in [-0.2, 0) is 7.05 Å². The number of aryl methyl sites for hydroxylation is 1. The molecule has 0 unspecified atom stereocenters. The average molecular weight is 283 g/mol. The fraction of sp³-hybridized carbons (Fsp3) is 0.100. The van der Waals surface area contributed by atoms with Gasteiger partial charge in [-0.1, -0.05) is 0 Å². The molecule has 0 atom stereocenters. The lowest BCUT2D eigenvalue weighted by atomic mass is 10.2. The van der Waals surface area contributed by atoms with E-state index in [2.05, 4.69) is 15.9 Å². The number of fused-ring (bicyclic) bond motifs is 1. The monoisotopic (exact) mass is 282 g/mol. The summed E-state index contributed by atoms with van der Waals surface area (Å²) in [6.07, 6.45) is 0. The van der Waals surface area contributed by atoms with Crippen LogP contribution in [0.3, 0.4) is 0 Å². The lowest BCUT2D eigenvalue weighted by Crippen LogP contribution is -2.17. The molecule has 0 spiro atoms. The smallest absolute Gasteiger partial charge is 0.270 e. The number of hydrogen-bond donors (Lipinski definition) is 0. The van der Waals surface area contributed by atoms with E-state index < -0.39 is 4.92 Å². The molecule has 0 bridgehead atoms. The minimum atomic E-state index is -0.460. The van der Waals surface area contributed by atoms with E-state index in [1.54, 1.807) is 19.2 Å². The number of nitrogens with zero attached hydrogens (tertiary/aromatic N) is 2. The summed E-state index contributed by atoms with van der Waals surface area (Å²) in [4.78, 5) is 21.7. The van der Waals surface area contributed by atoms with E-state index in [4.69, 9.17) is 0 Å². The molecule has 2 rings (SSSR count). The summed E-state index contributed by atoms with van der Waals surface area (Å²) in [6, 6.07) is 5.99. The summed E-state index contributed by atoms with van der Waals surface area (Å²) >= 11 is 3.13. The molecule has 2 aromatic rings. The van der Waals surface area contributed by atoms with Crippen molar-refractivity contribution in [2.45, 2.75) is 0 Å². The van der Waals surface area contributed by atoms with Crippen LogP contribution in [0.1, 0.15) is 0 Å². The second kappa shape index (κ2) is 3.71. The Kier molecular flexibility index (Phi) is 2.51. The predicted molar refractivity (Wildman–Crippen MR) is 63.5 cm³/mol. The first-order valence-electron chi connectivity index (χ1n) is 4.44. The van der Waals surface area contributed by atoms with Gasteiger partial charge in [0.25, 0.3) is 11.2 Å². The molecule has 0 N–H and O–H groups in total. The number of pyridine rings is 1. The second-order valence-electron chi connectivity index (χ2n) is 3.36. The first-order chi connectivity index (χ1) is 7.50. The Morgan fingerprint density at radius 3 is 2.69 bits per heavy atom. The molecular weight excluding hydrogens is 276 g/mol. The fourth-order valence-corrected chi connectivity index (χ4v) is 2.06. The van der Waals surface area contributed by atoms with Gasteiger partial charge in [0, 0.05) is 24.6 Å². The lowest BCUT2D eigenvalue weighted by Gasteiger charge is -2.05. The van der Waals surface area contributed by atoms with Crippen LogP contribution < -0.4 is 5.56 Å². The van der Waals surface area contributed by atoms with Crippen molar-refractivity contribution in [2.24, 2.45) is 7.05 Å². The van der Waals surface area contributed by atoms with E-state index in [9.17, 15) is 14.9 Å². The van der Waals surface area contributed by atoms with Crippen LogP contribution in [0.4, 0.5) is 5.69 Å². The molecular formula is C10H7BrN2O3. The van der Waals surface area contributed by atoms with Crippen LogP contribution in [-0.4, -0.2) is 9.49 Å². The van der Waals surface area contributed by atoms with Crippen molar-refractivity contribution >= 4 is 32.5 Å². The quantitative estimate of drug-likeness (QED) is 0.595. The largest absolute Gasteiger partial charge is 0.310 e. The minimum Gasteiger partial charge on any atom is -0.310 e. The molecule has 1 aromatic carbocycles. The number of nitro benzene ring substituents is 1. The van der Waals surface area contributed by atoms with Crippen LogP contribution in [0, 0.1) is 10.1 Å². The molecule has 0 saturated carbocycles. The van der Waals surface area contributed by atoms with Gasteiger partial charge >= 0.3 is 0 Å². The van der Waals surface area contributed by atoms with Gasteiger partial charge in [0.2, 0.25) is 0 Å². The fourth-order valence-electron chi connectivity index (χ4n) is 1.54. The molecule has 82 valence electrons. The van der Waals surface area contributed by atoms with Crippen molar-refractivity contribution in [1.82, 2.24) is 4.57 Å². The van der Waals surface area contributed by atoms with Gasteiger partial charge in [-0.25, -0.2) is 0 Å². The highest BCUT2D eigenvalue weighted by Crippen LogP contribution is 2.21. The van der Waals surface area contributed by atoms with Crippen LogP contribution >= 0.6 is 15.9 Å². The molecule has 0 saturated heterocycles. The van der Waals surface area contributed by atoms with Crippen LogP contribution in [0.25, 0.3) is 10.9 Å². The Morgan fingerprint density at radius 1 is 1.38 bits per heavy atom. The molecule has 0 radical (unpaired) electrons. The topological polar surface area (TPSA) is 65.1 Å². The third kappa shape index (κ3) is 1.61. The summed E-state index contributed by atoms with van der Waals surface area (Å²) in [5.41, 5.74) is 0.512. The molecule has 0 fully saturated rings. The SMILES string of the molecule is Cn1c(=O)c(Br)cc2cc([N+](=O)[O-])ccc21. The molecule has 1 heterocycles. The maximum Gasteiger partial charge on any atom is 0.270 e. The molecule has 6 heteroatoms. The van der Waals surface area contributed by atoms with E-state index in [-0.39, 0.29) is 11.2 Å². The normalized spacial score (nSPS) is 10.6. The van der Waals surface area contributed by atoms with Crippen molar-refractivity contribution in [1.29, 1.82) is 0 Å². The van der Waals surface area contributed by atoms with Crippen molar-refractivity contribution < 1.29 is 4.92 Å². The van der Waals surface area contributed by atoms with E-state index in [0.29, 0.717) is 15.4 Å². The van der Waals surface area contributed by atoms with Gasteiger partial charge < -0.3 is 4.57 Å². The van der Waals surface area contributed by atoms with Gasteiger partial charge in [-0.2, -0.15) is 0 Å². The number of nitro groups is 1. The molecule has 1 aromatic heterocycles. The number of hydrogen-bond acceptors (Lipinski definition) is 3. The minimum absolute atomic E-state index is 0.0121. The van der Waals surface area contributed by atoms with Gasteiger partial charge in [0.1, 0.15) is 0 Å². The summed E-state index contributed by atoms with van der Waals surface area (Å²) in [5, 5.41) is 11.3. The van der Waals surface area contributed by atoms with E-state index >= 15 is 0 Å². The molecule has 5 nitrogen and oxygen atoms in total. The number of halogens is 1. The summed E-state index contributed by atoms with van der Waals surface area (Å²) < 4.78 is 1.84. The van der Waals surface area contributed by atoms with E-state index in [1.165, 1.54) is 16.7 Å². The van der Waals surface area contributed by atoms with Gasteiger partial charge in [-0.3, -0.25) is 14.9 Å². The van der Waals surface area contributed by atoms with Gasteiger partial charge in [-0.05, 0) is 28.1 Å². The van der Waals surface area contributed by atoms with Crippen LogP contribution in [0.5, 0.6) is 0 Å². The Bertz CT molecular complexity index is 648. The summed E-state index contributed by atoms with van der Waals surface area (Å²) in [5.74, 6) is 0. The molecule has 16 heavy (non-hydrogen) atoms. The highest BCUT2D eigenvalue weighted by molar-refractivity contribution is 9.10. The average Bonchev–Trinajstić information content (AvgIpc) is 2.25. The first-order valence-corrected chi connectivity index (χ1v) is 5.23. The Labute approximate surface area is 98.6 Å². The van der Waals surface area contributed by atoms with E-state index in [0.717, 1.165) is 0 Å². The van der Waals surface area contributed by atoms with Crippen molar-refractivity contribution in [3.63, 3.8) is 0 Å². The Balaban J connectivity index is 2.86. The van der Waals surface area contributed by atoms with Gasteiger partial charge in [0.05, 0.1) is 14.9 Å². The Hall–Kier alpha value is -1.69. The highest BCUT2D eigenvalue weighted by atomic mass is 79.9. The van der Waals surface area contributed by atoms with Gasteiger partial charge in [0.15, 0.2) is 0 Å². The van der Waals surface area contributed by atoms with E-state index in [1.807, 2.05) is 0 Å². The number of aromatic nitrogens is 1. The van der Waals surface area contributed by atoms with Gasteiger partial charge in [-0.15, -0.1) is 0 Å². The number of non-ortho nitro benzene ring substituents is 1. The summed E-state index contributed by atoms with van der Waals surface area (Å²) in [6.45, 7) is 0. The molecule has 0 aliphatic rings. The first kappa shape index (κ1) is 10.8. The molecule has 0 amide bonds. The maximum atomic E-state index is 11.6. The zero-order chi connectivity index (χ0) is 11.9. The predicted octanol–water partition coefficient (Wildman–Crippen LogP) is 2.21. The third-order valence-corrected chi connectivity index (χ3v) is 2.94. The second-order valence-corrected chi connectivity index (χ2v) is 4.21. The number of rotatable bonds is 1. The maximum absolute atomic E-state index is 11.6. The zero-order valence-electron chi connectivity index (χ0n) is 8.31. The lowest BCUT2D eigenvalue weighted by molar-refractivity contribution is -0.384. The zero-order valence-corrected chi connectivity index (χ0v) is 9.89. The third-order valence-electron chi connectivity index (χ3n) is 2.37. The van der Waals surface area contributed by atoms with Crippen LogP contribution in [0.15, 0.2) is 33.5 Å². The Morgan fingerprint density at radius 2 is 2.06 bits per heavy atom. The van der Waals surface area contributed by atoms with Crippen LogP contribution in [0.2, 0.25) is 0 Å².